The van der Waals surface area contributed by atoms with Crippen LogP contribution in [0.1, 0.15) is 18.4 Å². The first-order chi connectivity index (χ1) is 12.2. The van der Waals surface area contributed by atoms with Gasteiger partial charge in [-0.2, -0.15) is 15.6 Å². The van der Waals surface area contributed by atoms with Crippen molar-refractivity contribution in [2.45, 2.75) is 12.8 Å². The highest BCUT2D eigenvalue weighted by atomic mass is 16.2. The number of carbonyl (C=O) groups excluding carboxylic acids is 1. The quantitative estimate of drug-likeness (QED) is 0.862. The molecule has 0 fully saturated rings. The Morgan fingerprint density at radius 2 is 1.56 bits per heavy atom. The van der Waals surface area contributed by atoms with Crippen molar-refractivity contribution >= 4 is 17.3 Å². The normalized spacial score (nSPS) is 17.8. The zero-order chi connectivity index (χ0) is 17.8. The average Bonchev–Trinajstić information content (AvgIpc) is 2.95. The topological polar surface area (TPSA) is 80.2 Å². The highest BCUT2D eigenvalue weighted by Crippen LogP contribution is 2.38. The van der Waals surface area contributed by atoms with Crippen LogP contribution in [0.5, 0.6) is 0 Å². The molecule has 0 unspecified atom stereocenters. The molecule has 25 heavy (non-hydrogen) atoms. The molecule has 0 aromatic heterocycles. The maximum Gasteiger partial charge on any atom is 0.256 e. The van der Waals surface area contributed by atoms with E-state index in [1.807, 2.05) is 60.7 Å². The van der Waals surface area contributed by atoms with Gasteiger partial charge in [-0.3, -0.25) is 4.79 Å². The molecule has 1 aliphatic rings. The van der Waals surface area contributed by atoms with Crippen LogP contribution in [0.2, 0.25) is 0 Å². The lowest BCUT2D eigenvalue weighted by atomic mass is 9.76. The van der Waals surface area contributed by atoms with Crippen LogP contribution in [0, 0.1) is 34.5 Å². The van der Waals surface area contributed by atoms with E-state index in [9.17, 15) is 15.3 Å². The Kier molecular flexibility index (Phi) is 4.59. The fourth-order valence-electron chi connectivity index (χ4n) is 3.19. The maximum absolute atomic E-state index is 13.1. The summed E-state index contributed by atoms with van der Waals surface area (Å²) >= 11 is 0. The highest BCUT2D eigenvalue weighted by molar-refractivity contribution is 6.15. The second kappa shape index (κ2) is 6.98. The number of nitriles is 2. The van der Waals surface area contributed by atoms with Gasteiger partial charge in [0.2, 0.25) is 0 Å². The van der Waals surface area contributed by atoms with Crippen LogP contribution in [0.3, 0.4) is 0 Å². The number of benzene rings is 2. The number of anilines is 1. The maximum atomic E-state index is 13.1. The van der Waals surface area contributed by atoms with Crippen LogP contribution in [-0.2, 0) is 4.79 Å². The summed E-state index contributed by atoms with van der Waals surface area (Å²) in [5.74, 6) is -2.33. The van der Waals surface area contributed by atoms with Crippen molar-refractivity contribution in [3.8, 4) is 12.1 Å². The lowest BCUT2D eigenvalue weighted by Crippen LogP contribution is -2.34. The average molecular weight is 328 g/mol. The third-order valence-corrected chi connectivity index (χ3v) is 4.36. The Bertz CT molecular complexity index is 863. The van der Waals surface area contributed by atoms with Crippen molar-refractivity contribution in [3.63, 3.8) is 0 Å². The molecule has 2 atom stereocenters. The Hall–Kier alpha value is -3.44. The zero-order valence-corrected chi connectivity index (χ0v) is 13.7. The van der Waals surface area contributed by atoms with Crippen molar-refractivity contribution in [1.29, 1.82) is 10.5 Å². The van der Waals surface area contributed by atoms with E-state index in [4.69, 9.17) is 0 Å². The Labute approximate surface area is 146 Å². The first-order valence-electron chi connectivity index (χ1n) is 7.95. The smallest absolute Gasteiger partial charge is 0.256 e. The summed E-state index contributed by atoms with van der Waals surface area (Å²) in [6, 6.07) is 22.5. The van der Waals surface area contributed by atoms with Gasteiger partial charge in [0.05, 0.1) is 23.7 Å². The van der Waals surface area contributed by atoms with Gasteiger partial charge >= 0.3 is 0 Å². The van der Waals surface area contributed by atoms with Crippen molar-refractivity contribution in [2.24, 2.45) is 16.9 Å². The van der Waals surface area contributed by atoms with Crippen LogP contribution in [0.4, 0.5) is 5.69 Å². The second-order valence-corrected chi connectivity index (χ2v) is 5.88. The van der Waals surface area contributed by atoms with Gasteiger partial charge in [-0.1, -0.05) is 48.5 Å². The largest absolute Gasteiger partial charge is 0.272 e. The Balaban J connectivity index is 2.03. The van der Waals surface area contributed by atoms with E-state index >= 15 is 0 Å². The summed E-state index contributed by atoms with van der Waals surface area (Å²) < 4.78 is 0. The SMILES string of the molecule is CC1=NN(c2ccccc2)C(=O)[C@H]1[C@H](c1ccccc1)C(C#N)C#N. The molecule has 0 aliphatic carbocycles. The van der Waals surface area contributed by atoms with Crippen LogP contribution >= 0.6 is 0 Å². The molecule has 0 radical (unpaired) electrons. The third kappa shape index (κ3) is 3.00. The first kappa shape index (κ1) is 16.4. The van der Waals surface area contributed by atoms with Crippen molar-refractivity contribution in [2.75, 3.05) is 5.01 Å². The van der Waals surface area contributed by atoms with Crippen molar-refractivity contribution in [3.05, 3.63) is 66.2 Å². The van der Waals surface area contributed by atoms with Crippen LogP contribution < -0.4 is 5.01 Å². The van der Waals surface area contributed by atoms with Crippen molar-refractivity contribution < 1.29 is 4.79 Å². The number of nitrogens with zero attached hydrogens (tertiary/aromatic N) is 4. The predicted octanol–water partition coefficient (Wildman–Crippen LogP) is 3.47. The molecule has 1 amide bonds. The molecule has 1 heterocycles. The minimum atomic E-state index is -0.933. The van der Waals surface area contributed by atoms with Gasteiger partial charge in [-0.15, -0.1) is 0 Å². The van der Waals surface area contributed by atoms with E-state index in [-0.39, 0.29) is 5.91 Å². The molecule has 2 aromatic carbocycles. The molecular formula is C20H16N4O. The van der Waals surface area contributed by atoms with Crippen LogP contribution in [0.15, 0.2) is 65.8 Å². The summed E-state index contributed by atoms with van der Waals surface area (Å²) in [5, 5.41) is 24.6. The highest BCUT2D eigenvalue weighted by Gasteiger charge is 2.44. The summed E-state index contributed by atoms with van der Waals surface area (Å²) in [6.45, 7) is 1.77. The number of hydrogen-bond donors (Lipinski definition) is 0. The van der Waals surface area contributed by atoms with E-state index in [0.29, 0.717) is 11.4 Å². The lowest BCUT2D eigenvalue weighted by molar-refractivity contribution is -0.120. The van der Waals surface area contributed by atoms with E-state index < -0.39 is 17.8 Å². The van der Waals surface area contributed by atoms with Gasteiger partial charge in [0.1, 0.15) is 5.92 Å². The molecule has 122 valence electrons. The monoisotopic (exact) mass is 328 g/mol. The van der Waals surface area contributed by atoms with Gasteiger partial charge in [-0.05, 0) is 24.6 Å². The molecule has 0 bridgehead atoms. The molecule has 2 aromatic rings. The molecule has 1 aliphatic heterocycles. The van der Waals surface area contributed by atoms with Gasteiger partial charge in [0.25, 0.3) is 5.91 Å². The zero-order valence-electron chi connectivity index (χ0n) is 13.7. The Morgan fingerprint density at radius 1 is 1.00 bits per heavy atom. The molecular weight excluding hydrogens is 312 g/mol. The fourth-order valence-corrected chi connectivity index (χ4v) is 3.19. The number of hydrogen-bond acceptors (Lipinski definition) is 4. The lowest BCUT2D eigenvalue weighted by Gasteiger charge is -2.24. The van der Waals surface area contributed by atoms with E-state index in [2.05, 4.69) is 5.10 Å². The number of rotatable bonds is 4. The first-order valence-corrected chi connectivity index (χ1v) is 7.95. The van der Waals surface area contributed by atoms with Crippen molar-refractivity contribution in [1.82, 2.24) is 0 Å². The molecule has 0 saturated carbocycles. The molecule has 0 saturated heterocycles. The summed E-state index contributed by atoms with van der Waals surface area (Å²) in [7, 11) is 0. The van der Waals surface area contributed by atoms with Gasteiger partial charge in [0.15, 0.2) is 0 Å². The summed E-state index contributed by atoms with van der Waals surface area (Å²) in [6.07, 6.45) is 0. The minimum absolute atomic E-state index is 0.215. The standard InChI is InChI=1S/C20H16N4O/c1-14-18(20(25)24(23-14)17-10-6-3-7-11-17)19(16(12-21)13-22)15-8-4-2-5-9-15/h2-11,16,18-19H,1H3/t18-,19-/m1/s1. The van der Waals surface area contributed by atoms with Gasteiger partial charge in [0, 0.05) is 11.6 Å². The van der Waals surface area contributed by atoms with Crippen LogP contribution in [-0.4, -0.2) is 11.6 Å². The van der Waals surface area contributed by atoms with Gasteiger partial charge < -0.3 is 0 Å². The van der Waals surface area contributed by atoms with Crippen LogP contribution in [0.25, 0.3) is 0 Å². The molecule has 0 spiro atoms. The number of hydrazone groups is 1. The van der Waals surface area contributed by atoms with E-state index in [0.717, 1.165) is 5.56 Å². The molecule has 0 N–H and O–H groups in total. The fraction of sp³-hybridized carbons (Fsp3) is 0.200. The van der Waals surface area contributed by atoms with E-state index in [1.165, 1.54) is 5.01 Å². The number of amides is 1. The molecule has 3 rings (SSSR count). The summed E-state index contributed by atoms with van der Waals surface area (Å²) in [4.78, 5) is 13.1. The number of para-hydroxylation sites is 1. The number of carbonyl (C=O) groups is 1. The Morgan fingerprint density at radius 3 is 2.12 bits per heavy atom. The molecule has 5 nitrogen and oxygen atoms in total. The predicted molar refractivity (Wildman–Crippen MR) is 94.4 cm³/mol. The summed E-state index contributed by atoms with van der Waals surface area (Å²) in [5.41, 5.74) is 2.07. The minimum Gasteiger partial charge on any atom is -0.272 e. The molecule has 5 heteroatoms. The third-order valence-electron chi connectivity index (χ3n) is 4.36. The second-order valence-electron chi connectivity index (χ2n) is 5.88. The van der Waals surface area contributed by atoms with Gasteiger partial charge in [-0.25, -0.2) is 5.01 Å². The van der Waals surface area contributed by atoms with E-state index in [1.54, 1.807) is 19.1 Å².